The van der Waals surface area contributed by atoms with Crippen molar-refractivity contribution in [2.75, 3.05) is 11.1 Å². The van der Waals surface area contributed by atoms with E-state index >= 15 is 0 Å². The lowest BCUT2D eigenvalue weighted by molar-refractivity contribution is -0.113. The minimum Gasteiger partial charge on any atom is -0.325 e. The Hall–Kier alpha value is -2.12. The van der Waals surface area contributed by atoms with Crippen molar-refractivity contribution in [2.24, 2.45) is 5.92 Å². The van der Waals surface area contributed by atoms with E-state index in [0.29, 0.717) is 27.8 Å². The number of fused-ring (bicyclic) bond motifs is 1. The summed E-state index contributed by atoms with van der Waals surface area (Å²) in [5, 5.41) is 5.33. The first-order valence-electron chi connectivity index (χ1n) is 8.50. The number of para-hydroxylation sites is 1. The van der Waals surface area contributed by atoms with Crippen molar-refractivity contribution in [3.63, 3.8) is 0 Å². The molecule has 0 saturated carbocycles. The SMILES string of the molecule is CC(C)CCn1c(SCC(=O)Nc2ccccc2)nc2ccsc2c1=O. The number of carbonyl (C=O) groups is 1. The van der Waals surface area contributed by atoms with Gasteiger partial charge in [0.15, 0.2) is 5.16 Å². The van der Waals surface area contributed by atoms with Crippen LogP contribution < -0.4 is 10.9 Å². The van der Waals surface area contributed by atoms with Crippen molar-refractivity contribution in [1.29, 1.82) is 0 Å². The first-order valence-corrected chi connectivity index (χ1v) is 10.4. The maximum atomic E-state index is 12.8. The van der Waals surface area contributed by atoms with Crippen LogP contribution >= 0.6 is 23.1 Å². The summed E-state index contributed by atoms with van der Waals surface area (Å²) in [5.41, 5.74) is 1.44. The molecular formula is C19H21N3O2S2. The van der Waals surface area contributed by atoms with Crippen LogP contribution in [0.1, 0.15) is 20.3 Å². The monoisotopic (exact) mass is 387 g/mol. The predicted octanol–water partition coefficient (Wildman–Crippen LogP) is 4.23. The summed E-state index contributed by atoms with van der Waals surface area (Å²) in [5.74, 6) is 0.579. The van der Waals surface area contributed by atoms with Crippen molar-refractivity contribution in [3.8, 4) is 0 Å². The molecule has 0 atom stereocenters. The van der Waals surface area contributed by atoms with Gasteiger partial charge in [0, 0.05) is 12.2 Å². The van der Waals surface area contributed by atoms with Crippen LogP contribution in [0, 0.1) is 5.92 Å². The molecule has 2 heterocycles. The molecule has 0 aliphatic heterocycles. The van der Waals surface area contributed by atoms with Gasteiger partial charge < -0.3 is 5.32 Å². The summed E-state index contributed by atoms with van der Waals surface area (Å²) in [6.45, 7) is 4.87. The maximum Gasteiger partial charge on any atom is 0.272 e. The summed E-state index contributed by atoms with van der Waals surface area (Å²) in [7, 11) is 0. The number of rotatable bonds is 7. The zero-order chi connectivity index (χ0) is 18.5. The normalized spacial score (nSPS) is 11.2. The summed E-state index contributed by atoms with van der Waals surface area (Å²) >= 11 is 2.72. The van der Waals surface area contributed by atoms with Crippen LogP contribution in [0.25, 0.3) is 10.2 Å². The molecule has 2 aromatic heterocycles. The Morgan fingerprint density at radius 3 is 2.77 bits per heavy atom. The van der Waals surface area contributed by atoms with E-state index in [0.717, 1.165) is 12.1 Å². The summed E-state index contributed by atoms with van der Waals surface area (Å²) in [6, 6.07) is 11.2. The molecule has 5 nitrogen and oxygen atoms in total. The van der Waals surface area contributed by atoms with E-state index in [1.807, 2.05) is 41.8 Å². The first kappa shape index (κ1) is 18.7. The highest BCUT2D eigenvalue weighted by molar-refractivity contribution is 7.99. The average molecular weight is 388 g/mol. The molecule has 0 unspecified atom stereocenters. The second kappa shape index (κ2) is 8.51. The second-order valence-electron chi connectivity index (χ2n) is 6.37. The van der Waals surface area contributed by atoms with Gasteiger partial charge in [0.05, 0.1) is 11.3 Å². The lowest BCUT2D eigenvalue weighted by Gasteiger charge is -2.13. The van der Waals surface area contributed by atoms with Gasteiger partial charge in [-0.2, -0.15) is 0 Å². The third-order valence-corrected chi connectivity index (χ3v) is 5.72. The fourth-order valence-electron chi connectivity index (χ4n) is 2.47. The lowest BCUT2D eigenvalue weighted by Crippen LogP contribution is -2.24. The Morgan fingerprint density at radius 2 is 2.04 bits per heavy atom. The van der Waals surface area contributed by atoms with Crippen molar-refractivity contribution in [2.45, 2.75) is 32.0 Å². The van der Waals surface area contributed by atoms with Crippen molar-refractivity contribution >= 4 is 44.9 Å². The molecule has 0 aliphatic carbocycles. The summed E-state index contributed by atoms with van der Waals surface area (Å²) in [6.07, 6.45) is 0.891. The molecule has 0 spiro atoms. The minimum atomic E-state index is -0.115. The molecule has 3 aromatic rings. The average Bonchev–Trinajstić information content (AvgIpc) is 3.09. The van der Waals surface area contributed by atoms with E-state index in [1.165, 1.54) is 23.1 Å². The van der Waals surface area contributed by atoms with E-state index in [2.05, 4.69) is 24.1 Å². The molecule has 1 aromatic carbocycles. The number of anilines is 1. The van der Waals surface area contributed by atoms with Gasteiger partial charge in [-0.05, 0) is 35.9 Å². The summed E-state index contributed by atoms with van der Waals surface area (Å²) in [4.78, 5) is 29.6. The molecule has 0 bridgehead atoms. The lowest BCUT2D eigenvalue weighted by atomic mass is 10.1. The molecule has 0 aliphatic rings. The van der Waals surface area contributed by atoms with Crippen LogP contribution in [0.3, 0.4) is 0 Å². The zero-order valence-corrected chi connectivity index (χ0v) is 16.4. The van der Waals surface area contributed by atoms with Crippen molar-refractivity contribution < 1.29 is 4.79 Å². The molecule has 0 fully saturated rings. The van der Waals surface area contributed by atoms with Crippen LogP contribution in [0.4, 0.5) is 5.69 Å². The molecule has 136 valence electrons. The van der Waals surface area contributed by atoms with Gasteiger partial charge in [-0.1, -0.05) is 43.8 Å². The number of benzene rings is 1. The van der Waals surface area contributed by atoms with E-state index in [9.17, 15) is 9.59 Å². The number of thioether (sulfide) groups is 1. The number of carbonyl (C=O) groups excluding carboxylic acids is 1. The van der Waals surface area contributed by atoms with E-state index < -0.39 is 0 Å². The molecule has 26 heavy (non-hydrogen) atoms. The van der Waals surface area contributed by atoms with Crippen molar-refractivity contribution in [3.05, 3.63) is 52.1 Å². The second-order valence-corrected chi connectivity index (χ2v) is 8.23. The fourth-order valence-corrected chi connectivity index (χ4v) is 4.07. The molecule has 1 amide bonds. The number of nitrogens with one attached hydrogen (secondary N) is 1. The number of amides is 1. The van der Waals surface area contributed by atoms with Crippen LogP contribution in [0.15, 0.2) is 51.7 Å². The fraction of sp³-hybridized carbons (Fsp3) is 0.316. The molecule has 0 radical (unpaired) electrons. The topological polar surface area (TPSA) is 64.0 Å². The van der Waals surface area contributed by atoms with Gasteiger partial charge in [-0.25, -0.2) is 4.98 Å². The largest absolute Gasteiger partial charge is 0.325 e. The van der Waals surface area contributed by atoms with Gasteiger partial charge in [0.25, 0.3) is 5.56 Å². The van der Waals surface area contributed by atoms with E-state index in [1.54, 1.807) is 4.57 Å². The Morgan fingerprint density at radius 1 is 1.27 bits per heavy atom. The number of hydrogen-bond donors (Lipinski definition) is 1. The molecule has 1 N–H and O–H groups in total. The zero-order valence-electron chi connectivity index (χ0n) is 14.8. The van der Waals surface area contributed by atoms with Crippen LogP contribution in [-0.4, -0.2) is 21.2 Å². The summed E-state index contributed by atoms with van der Waals surface area (Å²) < 4.78 is 2.38. The van der Waals surface area contributed by atoms with Crippen LogP contribution in [0.5, 0.6) is 0 Å². The predicted molar refractivity (Wildman–Crippen MR) is 109 cm³/mol. The standard InChI is InChI=1S/C19H21N3O2S2/c1-13(2)8-10-22-18(24)17-15(9-11-25-17)21-19(22)26-12-16(23)20-14-6-4-3-5-7-14/h3-7,9,11,13H,8,10,12H2,1-2H3,(H,20,23). The van der Waals surface area contributed by atoms with Gasteiger partial charge in [0.1, 0.15) is 4.70 Å². The van der Waals surface area contributed by atoms with Crippen LogP contribution in [-0.2, 0) is 11.3 Å². The quantitative estimate of drug-likeness (QED) is 0.487. The maximum absolute atomic E-state index is 12.8. The molecule has 7 heteroatoms. The van der Waals surface area contributed by atoms with E-state index in [4.69, 9.17) is 0 Å². The van der Waals surface area contributed by atoms with E-state index in [-0.39, 0.29) is 17.2 Å². The van der Waals surface area contributed by atoms with Gasteiger partial charge in [0.2, 0.25) is 5.91 Å². The number of thiophene rings is 1. The Labute approximate surface area is 160 Å². The molecule has 0 saturated heterocycles. The minimum absolute atomic E-state index is 0.0170. The Bertz CT molecular complexity index is 948. The van der Waals surface area contributed by atoms with Gasteiger partial charge in [-0.15, -0.1) is 11.3 Å². The Balaban J connectivity index is 1.78. The molecule has 3 rings (SSSR count). The van der Waals surface area contributed by atoms with Crippen LogP contribution in [0.2, 0.25) is 0 Å². The highest BCUT2D eigenvalue weighted by Gasteiger charge is 2.14. The molecular weight excluding hydrogens is 366 g/mol. The Kier molecular flexibility index (Phi) is 6.11. The highest BCUT2D eigenvalue weighted by atomic mass is 32.2. The third kappa shape index (κ3) is 4.53. The van der Waals surface area contributed by atoms with Crippen molar-refractivity contribution in [1.82, 2.24) is 9.55 Å². The number of aromatic nitrogens is 2. The smallest absolute Gasteiger partial charge is 0.272 e. The first-order chi connectivity index (χ1) is 12.5. The third-order valence-electron chi connectivity index (χ3n) is 3.85. The highest BCUT2D eigenvalue weighted by Crippen LogP contribution is 2.22. The van der Waals surface area contributed by atoms with Gasteiger partial charge in [-0.3, -0.25) is 14.2 Å². The number of nitrogens with zero attached hydrogens (tertiary/aromatic N) is 2. The van der Waals surface area contributed by atoms with Gasteiger partial charge >= 0.3 is 0 Å². The number of hydrogen-bond acceptors (Lipinski definition) is 5.